The molecule has 3 rings (SSSR count). The van der Waals surface area contributed by atoms with Gasteiger partial charge in [-0.3, -0.25) is 4.79 Å². The van der Waals surface area contributed by atoms with Crippen LogP contribution in [-0.4, -0.2) is 5.91 Å². The molecule has 0 radical (unpaired) electrons. The third kappa shape index (κ3) is 2.47. The summed E-state index contributed by atoms with van der Waals surface area (Å²) >= 11 is 0. The molecule has 0 spiro atoms. The second-order valence-corrected chi connectivity index (χ2v) is 5.19. The standard InChI is InChI=1S/C16H14N4O2/c1-9-3-5-12-14(7-9)22-15-8-11(19-20-17)4-6-13(15)16(12)18-10(2)21/h3-8,16H,1-2H3,(H,18,21). The van der Waals surface area contributed by atoms with Crippen molar-refractivity contribution in [2.24, 2.45) is 5.11 Å². The number of fused-ring (bicyclic) bond motifs is 2. The van der Waals surface area contributed by atoms with E-state index in [1.807, 2.05) is 31.2 Å². The number of aryl methyl sites for hydroxylation is 1. The number of benzene rings is 2. The fraction of sp³-hybridized carbons (Fsp3) is 0.188. The van der Waals surface area contributed by atoms with Crippen molar-refractivity contribution in [2.45, 2.75) is 19.9 Å². The van der Waals surface area contributed by atoms with Gasteiger partial charge in [-0.05, 0) is 30.2 Å². The Bertz CT molecular complexity index is 810. The van der Waals surface area contributed by atoms with Crippen molar-refractivity contribution in [3.05, 3.63) is 63.5 Å². The van der Waals surface area contributed by atoms with E-state index in [-0.39, 0.29) is 11.9 Å². The van der Waals surface area contributed by atoms with Crippen LogP contribution in [0.3, 0.4) is 0 Å². The zero-order valence-electron chi connectivity index (χ0n) is 12.2. The molecule has 1 heterocycles. The van der Waals surface area contributed by atoms with E-state index in [1.54, 1.807) is 12.1 Å². The predicted molar refractivity (Wildman–Crippen MR) is 82.2 cm³/mol. The molecule has 0 saturated heterocycles. The number of hydrogen-bond donors (Lipinski definition) is 1. The summed E-state index contributed by atoms with van der Waals surface area (Å²) in [4.78, 5) is 14.3. The maximum atomic E-state index is 11.5. The molecule has 22 heavy (non-hydrogen) atoms. The summed E-state index contributed by atoms with van der Waals surface area (Å²) in [7, 11) is 0. The van der Waals surface area contributed by atoms with E-state index in [4.69, 9.17) is 10.3 Å². The molecule has 110 valence electrons. The molecule has 1 aliphatic rings. The van der Waals surface area contributed by atoms with Gasteiger partial charge in [-0.25, -0.2) is 0 Å². The molecule has 6 nitrogen and oxygen atoms in total. The lowest BCUT2D eigenvalue weighted by atomic mass is 9.93. The summed E-state index contributed by atoms with van der Waals surface area (Å²) < 4.78 is 5.92. The van der Waals surface area contributed by atoms with Gasteiger partial charge in [0.15, 0.2) is 0 Å². The molecule has 0 saturated carbocycles. The smallest absolute Gasteiger partial charge is 0.217 e. The van der Waals surface area contributed by atoms with E-state index < -0.39 is 0 Å². The molecule has 1 N–H and O–H groups in total. The van der Waals surface area contributed by atoms with Crippen molar-refractivity contribution in [3.63, 3.8) is 0 Å². The van der Waals surface area contributed by atoms with E-state index in [0.29, 0.717) is 17.2 Å². The van der Waals surface area contributed by atoms with Crippen molar-refractivity contribution in [1.29, 1.82) is 0 Å². The highest BCUT2D eigenvalue weighted by atomic mass is 16.5. The second kappa shape index (κ2) is 5.42. The Balaban J connectivity index is 2.14. The summed E-state index contributed by atoms with van der Waals surface area (Å²) in [5.41, 5.74) is 11.8. The van der Waals surface area contributed by atoms with Crippen LogP contribution in [0.5, 0.6) is 11.5 Å². The number of hydrogen-bond acceptors (Lipinski definition) is 3. The minimum absolute atomic E-state index is 0.122. The van der Waals surface area contributed by atoms with Crippen LogP contribution >= 0.6 is 0 Å². The van der Waals surface area contributed by atoms with Gasteiger partial charge in [-0.1, -0.05) is 29.4 Å². The van der Waals surface area contributed by atoms with Crippen LogP contribution in [-0.2, 0) is 4.79 Å². The van der Waals surface area contributed by atoms with Gasteiger partial charge in [0, 0.05) is 28.6 Å². The maximum absolute atomic E-state index is 11.5. The zero-order valence-corrected chi connectivity index (χ0v) is 12.2. The lowest BCUT2D eigenvalue weighted by Crippen LogP contribution is -2.29. The van der Waals surface area contributed by atoms with Crippen LogP contribution in [0.1, 0.15) is 29.7 Å². The van der Waals surface area contributed by atoms with Gasteiger partial charge < -0.3 is 10.1 Å². The first-order chi connectivity index (χ1) is 10.6. The molecule has 0 aromatic heterocycles. The van der Waals surface area contributed by atoms with Gasteiger partial charge in [0.2, 0.25) is 5.91 Å². The van der Waals surface area contributed by atoms with E-state index in [1.165, 1.54) is 6.92 Å². The van der Waals surface area contributed by atoms with Gasteiger partial charge in [-0.15, -0.1) is 0 Å². The molecule has 0 fully saturated rings. The monoisotopic (exact) mass is 294 g/mol. The highest BCUT2D eigenvalue weighted by Gasteiger charge is 2.28. The summed E-state index contributed by atoms with van der Waals surface area (Å²) in [5.74, 6) is 1.16. The number of nitrogens with zero attached hydrogens (tertiary/aromatic N) is 3. The number of carbonyl (C=O) groups excluding carboxylic acids is 1. The fourth-order valence-corrected chi connectivity index (χ4v) is 2.58. The van der Waals surface area contributed by atoms with E-state index in [9.17, 15) is 4.79 Å². The average molecular weight is 294 g/mol. The van der Waals surface area contributed by atoms with Crippen LogP contribution in [0, 0.1) is 6.92 Å². The van der Waals surface area contributed by atoms with Crippen LogP contribution in [0.2, 0.25) is 0 Å². The summed E-state index contributed by atoms with van der Waals surface area (Å²) in [6, 6.07) is 10.8. The molecule has 1 atom stereocenters. The number of amides is 1. The molecule has 1 amide bonds. The molecule has 6 heteroatoms. The number of carbonyl (C=O) groups is 1. The van der Waals surface area contributed by atoms with E-state index in [0.717, 1.165) is 16.7 Å². The zero-order chi connectivity index (χ0) is 15.7. The summed E-state index contributed by atoms with van der Waals surface area (Å²) in [5, 5.41) is 6.53. The Morgan fingerprint density at radius 2 is 1.91 bits per heavy atom. The Labute approximate surface area is 127 Å². The van der Waals surface area contributed by atoms with Crippen molar-refractivity contribution in [3.8, 4) is 11.5 Å². The van der Waals surface area contributed by atoms with Crippen LogP contribution in [0.15, 0.2) is 41.5 Å². The van der Waals surface area contributed by atoms with Crippen LogP contribution in [0.25, 0.3) is 10.4 Å². The predicted octanol–water partition coefficient (Wildman–Crippen LogP) is 4.27. The normalized spacial score (nSPS) is 14.9. The van der Waals surface area contributed by atoms with Crippen LogP contribution in [0.4, 0.5) is 5.69 Å². The molecule has 2 aromatic carbocycles. The lowest BCUT2D eigenvalue weighted by Gasteiger charge is -2.29. The molecular weight excluding hydrogens is 280 g/mol. The third-order valence-corrected chi connectivity index (χ3v) is 3.52. The number of ether oxygens (including phenoxy) is 1. The lowest BCUT2D eigenvalue weighted by molar-refractivity contribution is -0.119. The average Bonchev–Trinajstić information content (AvgIpc) is 2.46. The Kier molecular flexibility index (Phi) is 3.45. The first-order valence-corrected chi connectivity index (χ1v) is 6.83. The molecule has 0 aliphatic carbocycles. The minimum atomic E-state index is -0.281. The second-order valence-electron chi connectivity index (χ2n) is 5.19. The number of nitrogens with one attached hydrogen (secondary N) is 1. The van der Waals surface area contributed by atoms with Gasteiger partial charge >= 0.3 is 0 Å². The molecule has 0 bridgehead atoms. The molecular formula is C16H14N4O2. The largest absolute Gasteiger partial charge is 0.457 e. The highest BCUT2D eigenvalue weighted by Crippen LogP contribution is 2.44. The Morgan fingerprint density at radius 1 is 1.23 bits per heavy atom. The topological polar surface area (TPSA) is 87.1 Å². The van der Waals surface area contributed by atoms with E-state index in [2.05, 4.69) is 15.3 Å². The van der Waals surface area contributed by atoms with Gasteiger partial charge in [0.1, 0.15) is 11.5 Å². The quantitative estimate of drug-likeness (QED) is 0.509. The number of azide groups is 1. The maximum Gasteiger partial charge on any atom is 0.217 e. The van der Waals surface area contributed by atoms with Crippen molar-refractivity contribution < 1.29 is 9.53 Å². The Morgan fingerprint density at radius 3 is 2.59 bits per heavy atom. The Hall–Kier alpha value is -2.98. The van der Waals surface area contributed by atoms with Crippen molar-refractivity contribution in [2.75, 3.05) is 0 Å². The molecule has 2 aromatic rings. The fourth-order valence-electron chi connectivity index (χ4n) is 2.58. The summed E-state index contributed by atoms with van der Waals surface area (Å²) in [6.45, 7) is 3.46. The highest BCUT2D eigenvalue weighted by molar-refractivity contribution is 5.75. The number of rotatable bonds is 2. The van der Waals surface area contributed by atoms with Crippen LogP contribution < -0.4 is 10.1 Å². The van der Waals surface area contributed by atoms with Gasteiger partial charge in [0.05, 0.1) is 6.04 Å². The van der Waals surface area contributed by atoms with Crippen molar-refractivity contribution >= 4 is 11.6 Å². The summed E-state index contributed by atoms with van der Waals surface area (Å²) in [6.07, 6.45) is 0. The van der Waals surface area contributed by atoms with Gasteiger partial charge in [0.25, 0.3) is 0 Å². The molecule has 1 aliphatic heterocycles. The first-order valence-electron chi connectivity index (χ1n) is 6.83. The van der Waals surface area contributed by atoms with E-state index >= 15 is 0 Å². The first kappa shape index (κ1) is 14.0. The van der Waals surface area contributed by atoms with Crippen molar-refractivity contribution in [1.82, 2.24) is 5.32 Å². The van der Waals surface area contributed by atoms with Gasteiger partial charge in [-0.2, -0.15) is 0 Å². The SMILES string of the molecule is CC(=O)NC1c2ccc(C)cc2Oc2cc(N=[N+]=[N-])ccc21. The molecule has 1 unspecified atom stereocenters. The third-order valence-electron chi connectivity index (χ3n) is 3.52. The minimum Gasteiger partial charge on any atom is -0.457 e.